The Morgan fingerprint density at radius 3 is 2.18 bits per heavy atom. The van der Waals surface area contributed by atoms with Crippen molar-refractivity contribution in [2.45, 2.75) is 19.9 Å². The normalized spacial score (nSPS) is 11.6. The molecule has 90 valence electrons. The molecule has 5 heteroatoms. The van der Waals surface area contributed by atoms with Gasteiger partial charge in [0.1, 0.15) is 6.04 Å². The molecule has 0 saturated carbocycles. The molecule has 2 N–H and O–H groups in total. The second-order valence-electron chi connectivity index (χ2n) is 3.64. The largest absolute Gasteiger partial charge is 0.480 e. The zero-order valence-electron chi connectivity index (χ0n) is 9.56. The molecule has 0 spiro atoms. The number of nitrogens with one attached hydrogen (secondary N) is 1. The molecule has 0 aromatic heterocycles. The number of carboxylic acid groups (broad SMARTS) is 1. The molecule has 0 aliphatic rings. The molecule has 1 aromatic rings. The molecule has 5 nitrogen and oxygen atoms in total. The first-order chi connectivity index (χ1) is 7.93. The van der Waals surface area contributed by atoms with Crippen LogP contribution in [0.5, 0.6) is 0 Å². The quantitative estimate of drug-likeness (QED) is 0.765. The lowest BCUT2D eigenvalue weighted by Crippen LogP contribution is -2.38. The van der Waals surface area contributed by atoms with Gasteiger partial charge in [-0.1, -0.05) is 18.2 Å². The number of Topliss-reactive ketones (excluding diaryl/α,β-unsaturated/α-hetero) is 1. The zero-order chi connectivity index (χ0) is 13.0. The zero-order valence-corrected chi connectivity index (χ0v) is 9.56. The fraction of sp³-hybridized carbons (Fsp3) is 0.250. The minimum Gasteiger partial charge on any atom is -0.480 e. The van der Waals surface area contributed by atoms with Gasteiger partial charge in [-0.05, 0) is 19.9 Å². The maximum absolute atomic E-state index is 11.8. The van der Waals surface area contributed by atoms with E-state index in [4.69, 9.17) is 5.11 Å². The van der Waals surface area contributed by atoms with Crippen molar-refractivity contribution in [3.8, 4) is 0 Å². The lowest BCUT2D eigenvalue weighted by molar-refractivity contribution is -0.138. The third-order valence-corrected chi connectivity index (χ3v) is 2.27. The van der Waals surface area contributed by atoms with Crippen LogP contribution < -0.4 is 5.32 Å². The van der Waals surface area contributed by atoms with E-state index in [1.165, 1.54) is 26.0 Å². The standard InChI is InChI=1S/C12H13NO4/c1-7(12(16)17)13-11(15)10-6-4-3-5-9(10)8(2)14/h3-7H,1-2H3,(H,13,15)(H,16,17)/t7-/m1/s1. The van der Waals surface area contributed by atoms with Crippen LogP contribution in [0.4, 0.5) is 0 Å². The molecule has 1 rings (SSSR count). The van der Waals surface area contributed by atoms with Gasteiger partial charge < -0.3 is 10.4 Å². The van der Waals surface area contributed by atoms with Gasteiger partial charge in [-0.2, -0.15) is 0 Å². The van der Waals surface area contributed by atoms with E-state index >= 15 is 0 Å². The molecule has 0 aliphatic carbocycles. The van der Waals surface area contributed by atoms with Crippen molar-refractivity contribution < 1.29 is 19.5 Å². The number of carbonyl (C=O) groups excluding carboxylic acids is 2. The number of carbonyl (C=O) groups is 3. The summed E-state index contributed by atoms with van der Waals surface area (Å²) in [4.78, 5) is 33.7. The summed E-state index contributed by atoms with van der Waals surface area (Å²) in [6.45, 7) is 2.71. The number of ketones is 1. The number of hydrogen-bond donors (Lipinski definition) is 2. The van der Waals surface area contributed by atoms with Gasteiger partial charge in [-0.3, -0.25) is 14.4 Å². The fourth-order valence-electron chi connectivity index (χ4n) is 1.32. The summed E-state index contributed by atoms with van der Waals surface area (Å²) in [6.07, 6.45) is 0. The van der Waals surface area contributed by atoms with Crippen molar-refractivity contribution in [3.63, 3.8) is 0 Å². The third kappa shape index (κ3) is 3.14. The van der Waals surface area contributed by atoms with Crippen LogP contribution in [0.3, 0.4) is 0 Å². The maximum Gasteiger partial charge on any atom is 0.325 e. The number of aliphatic carboxylic acids is 1. The number of benzene rings is 1. The molecular weight excluding hydrogens is 222 g/mol. The van der Waals surface area contributed by atoms with Crippen LogP contribution in [-0.4, -0.2) is 28.8 Å². The Kier molecular flexibility index (Phi) is 3.98. The first kappa shape index (κ1) is 12.9. The Hall–Kier alpha value is -2.17. The van der Waals surface area contributed by atoms with Crippen LogP contribution in [0.1, 0.15) is 34.6 Å². The number of hydrogen-bond acceptors (Lipinski definition) is 3. The van der Waals surface area contributed by atoms with Crippen molar-refractivity contribution >= 4 is 17.7 Å². The van der Waals surface area contributed by atoms with Gasteiger partial charge in [-0.25, -0.2) is 0 Å². The molecule has 0 radical (unpaired) electrons. The number of rotatable bonds is 4. The molecule has 0 saturated heterocycles. The van der Waals surface area contributed by atoms with E-state index in [1.807, 2.05) is 0 Å². The second-order valence-corrected chi connectivity index (χ2v) is 3.64. The Labute approximate surface area is 98.4 Å². The topological polar surface area (TPSA) is 83.5 Å². The van der Waals surface area contributed by atoms with Crippen molar-refractivity contribution in [2.24, 2.45) is 0 Å². The number of amides is 1. The summed E-state index contributed by atoms with van der Waals surface area (Å²) < 4.78 is 0. The van der Waals surface area contributed by atoms with E-state index in [-0.39, 0.29) is 16.9 Å². The van der Waals surface area contributed by atoms with Crippen molar-refractivity contribution in [1.29, 1.82) is 0 Å². The Morgan fingerprint density at radius 1 is 1.18 bits per heavy atom. The van der Waals surface area contributed by atoms with Crippen LogP contribution in [-0.2, 0) is 4.79 Å². The van der Waals surface area contributed by atoms with Gasteiger partial charge in [-0.15, -0.1) is 0 Å². The monoisotopic (exact) mass is 235 g/mol. The Balaban J connectivity index is 2.97. The summed E-state index contributed by atoms with van der Waals surface area (Å²) in [5.41, 5.74) is 0.468. The van der Waals surface area contributed by atoms with Crippen molar-refractivity contribution in [1.82, 2.24) is 5.32 Å². The molecule has 0 bridgehead atoms. The van der Waals surface area contributed by atoms with Crippen LogP contribution in [0.15, 0.2) is 24.3 Å². The van der Waals surface area contributed by atoms with Gasteiger partial charge >= 0.3 is 5.97 Å². The molecular formula is C12H13NO4. The molecule has 0 unspecified atom stereocenters. The highest BCUT2D eigenvalue weighted by Gasteiger charge is 2.18. The van der Waals surface area contributed by atoms with Gasteiger partial charge in [0.25, 0.3) is 5.91 Å². The van der Waals surface area contributed by atoms with E-state index in [0.29, 0.717) is 0 Å². The fourth-order valence-corrected chi connectivity index (χ4v) is 1.32. The molecule has 0 fully saturated rings. The van der Waals surface area contributed by atoms with Gasteiger partial charge in [0.15, 0.2) is 5.78 Å². The van der Waals surface area contributed by atoms with Crippen LogP contribution >= 0.6 is 0 Å². The van der Waals surface area contributed by atoms with Gasteiger partial charge in [0.05, 0.1) is 5.56 Å². The lowest BCUT2D eigenvalue weighted by atomic mass is 10.0. The molecule has 17 heavy (non-hydrogen) atoms. The summed E-state index contributed by atoms with van der Waals surface area (Å²) in [7, 11) is 0. The van der Waals surface area contributed by atoms with Crippen LogP contribution in [0.25, 0.3) is 0 Å². The first-order valence-electron chi connectivity index (χ1n) is 5.07. The van der Waals surface area contributed by atoms with E-state index < -0.39 is 17.9 Å². The highest BCUT2D eigenvalue weighted by molar-refractivity contribution is 6.07. The first-order valence-corrected chi connectivity index (χ1v) is 5.07. The van der Waals surface area contributed by atoms with Crippen molar-refractivity contribution in [2.75, 3.05) is 0 Å². The Morgan fingerprint density at radius 2 is 1.71 bits per heavy atom. The Bertz CT molecular complexity index is 467. The minimum absolute atomic E-state index is 0.188. The highest BCUT2D eigenvalue weighted by Crippen LogP contribution is 2.09. The average molecular weight is 235 g/mol. The highest BCUT2D eigenvalue weighted by atomic mass is 16.4. The predicted octanol–water partition coefficient (Wildman–Crippen LogP) is 1.09. The third-order valence-electron chi connectivity index (χ3n) is 2.27. The minimum atomic E-state index is -1.13. The SMILES string of the molecule is CC(=O)c1ccccc1C(=O)N[C@H](C)C(=O)O. The molecule has 0 heterocycles. The van der Waals surface area contributed by atoms with Gasteiger partial charge in [0.2, 0.25) is 0 Å². The van der Waals surface area contributed by atoms with Crippen molar-refractivity contribution in [3.05, 3.63) is 35.4 Å². The summed E-state index contributed by atoms with van der Waals surface area (Å²) in [5.74, 6) is -1.93. The summed E-state index contributed by atoms with van der Waals surface area (Å²) in [6, 6.07) is 5.28. The predicted molar refractivity (Wildman–Crippen MR) is 61.0 cm³/mol. The summed E-state index contributed by atoms with van der Waals surface area (Å²) in [5, 5.41) is 11.0. The van der Waals surface area contributed by atoms with E-state index in [9.17, 15) is 14.4 Å². The molecule has 1 aromatic carbocycles. The molecule has 1 amide bonds. The van der Waals surface area contributed by atoms with E-state index in [2.05, 4.69) is 5.32 Å². The average Bonchev–Trinajstić information content (AvgIpc) is 2.28. The van der Waals surface area contributed by atoms with Gasteiger partial charge in [0, 0.05) is 5.56 Å². The number of carboxylic acids is 1. The molecule has 1 atom stereocenters. The maximum atomic E-state index is 11.8. The van der Waals surface area contributed by atoms with E-state index in [1.54, 1.807) is 12.1 Å². The smallest absolute Gasteiger partial charge is 0.325 e. The molecule has 0 aliphatic heterocycles. The lowest BCUT2D eigenvalue weighted by Gasteiger charge is -2.11. The van der Waals surface area contributed by atoms with Crippen LogP contribution in [0.2, 0.25) is 0 Å². The van der Waals surface area contributed by atoms with E-state index in [0.717, 1.165) is 0 Å². The van der Waals surface area contributed by atoms with Crippen LogP contribution in [0, 0.1) is 0 Å². The summed E-state index contributed by atoms with van der Waals surface area (Å²) >= 11 is 0. The second kappa shape index (κ2) is 5.25.